The van der Waals surface area contributed by atoms with Gasteiger partial charge < -0.3 is 10.3 Å². The van der Waals surface area contributed by atoms with Crippen LogP contribution in [0.25, 0.3) is 28.1 Å². The Morgan fingerprint density at radius 1 is 1.33 bits per heavy atom. The maximum absolute atomic E-state index is 12.6. The summed E-state index contributed by atoms with van der Waals surface area (Å²) < 4.78 is 2.35. The van der Waals surface area contributed by atoms with E-state index >= 15 is 0 Å². The predicted octanol–water partition coefficient (Wildman–Crippen LogP) is 1.25. The van der Waals surface area contributed by atoms with Crippen molar-refractivity contribution in [1.29, 1.82) is 0 Å². The first-order valence-corrected chi connectivity index (χ1v) is 7.30. The van der Waals surface area contributed by atoms with Crippen LogP contribution in [0.1, 0.15) is 0 Å². The monoisotopic (exact) mass is 343 g/mol. The molecule has 9 nitrogen and oxygen atoms in total. The lowest BCUT2D eigenvalue weighted by Gasteiger charge is -2.01. The summed E-state index contributed by atoms with van der Waals surface area (Å²) in [6, 6.07) is 2.83. The Bertz CT molecular complexity index is 1090. The highest BCUT2D eigenvalue weighted by Gasteiger charge is 2.22. The molecule has 1 amide bonds. The molecular weight excluding hydrogens is 334 g/mol. The Morgan fingerprint density at radius 3 is 2.88 bits per heavy atom. The Kier molecular flexibility index (Phi) is 3.10. The standard InChI is InChI=1S/C14H10ClN7O2/c1-16-14(24)22-12-8(6-19-22)11-9(5-18-12)13(23)21(20-11)10-3-2-7(15)4-17-10/h2-6,18H,1H3,(H,16,24). The maximum Gasteiger partial charge on any atom is 0.343 e. The van der Waals surface area contributed by atoms with Crippen molar-refractivity contribution in [2.24, 2.45) is 0 Å². The van der Waals surface area contributed by atoms with Crippen LogP contribution in [-0.4, -0.2) is 42.6 Å². The average molecular weight is 344 g/mol. The van der Waals surface area contributed by atoms with Crippen LogP contribution in [0, 0.1) is 0 Å². The minimum absolute atomic E-state index is 0.328. The molecule has 10 heteroatoms. The fourth-order valence-electron chi connectivity index (χ4n) is 2.45. The molecule has 0 fully saturated rings. The van der Waals surface area contributed by atoms with Gasteiger partial charge in [-0.3, -0.25) is 4.79 Å². The van der Waals surface area contributed by atoms with Gasteiger partial charge in [0.1, 0.15) is 11.3 Å². The second-order valence-electron chi connectivity index (χ2n) is 4.98. The van der Waals surface area contributed by atoms with E-state index in [1.54, 1.807) is 12.1 Å². The van der Waals surface area contributed by atoms with Crippen molar-refractivity contribution in [1.82, 2.24) is 34.8 Å². The van der Waals surface area contributed by atoms with E-state index in [1.165, 1.54) is 35.0 Å². The number of nitrogens with zero attached hydrogens (tertiary/aromatic N) is 5. The molecule has 4 rings (SSSR count). The van der Waals surface area contributed by atoms with E-state index < -0.39 is 6.03 Å². The zero-order chi connectivity index (χ0) is 16.8. The number of halogens is 1. The molecule has 2 aliphatic heterocycles. The van der Waals surface area contributed by atoms with Gasteiger partial charge in [0.15, 0.2) is 5.82 Å². The van der Waals surface area contributed by atoms with Crippen molar-refractivity contribution in [3.63, 3.8) is 0 Å². The van der Waals surface area contributed by atoms with Crippen LogP contribution < -0.4 is 10.9 Å². The van der Waals surface area contributed by atoms with Crippen LogP contribution in [0.15, 0.2) is 35.5 Å². The molecule has 24 heavy (non-hydrogen) atoms. The highest BCUT2D eigenvalue weighted by atomic mass is 35.5. The minimum Gasteiger partial charge on any atom is -0.345 e. The number of hydrogen-bond donors (Lipinski definition) is 2. The van der Waals surface area contributed by atoms with Gasteiger partial charge in [0.05, 0.1) is 22.2 Å². The number of aromatic nitrogens is 6. The second-order valence-corrected chi connectivity index (χ2v) is 5.41. The topological polar surface area (TPSA) is 110 Å². The molecule has 0 atom stereocenters. The summed E-state index contributed by atoms with van der Waals surface area (Å²) in [5.41, 5.74) is 0.914. The van der Waals surface area contributed by atoms with Gasteiger partial charge >= 0.3 is 6.03 Å². The lowest BCUT2D eigenvalue weighted by atomic mass is 10.2. The Morgan fingerprint density at radius 2 is 2.17 bits per heavy atom. The Labute approximate surface area is 139 Å². The zero-order valence-corrected chi connectivity index (χ0v) is 13.1. The number of H-pyrrole nitrogens is 1. The van der Waals surface area contributed by atoms with Gasteiger partial charge in [0, 0.05) is 19.4 Å². The fourth-order valence-corrected chi connectivity index (χ4v) is 2.57. The molecule has 0 saturated heterocycles. The van der Waals surface area contributed by atoms with E-state index in [9.17, 15) is 9.59 Å². The summed E-state index contributed by atoms with van der Waals surface area (Å²) in [7, 11) is 1.51. The number of rotatable bonds is 1. The first kappa shape index (κ1) is 14.4. The second kappa shape index (κ2) is 5.17. The van der Waals surface area contributed by atoms with E-state index in [2.05, 4.69) is 25.5 Å². The van der Waals surface area contributed by atoms with E-state index in [0.29, 0.717) is 33.1 Å². The van der Waals surface area contributed by atoms with Gasteiger partial charge in [-0.25, -0.2) is 9.78 Å². The third kappa shape index (κ3) is 1.98. The smallest absolute Gasteiger partial charge is 0.343 e. The van der Waals surface area contributed by atoms with Crippen LogP contribution in [-0.2, 0) is 0 Å². The lowest BCUT2D eigenvalue weighted by Crippen LogP contribution is -2.25. The molecular formula is C14H10ClN7O2. The zero-order valence-electron chi connectivity index (χ0n) is 12.3. The van der Waals surface area contributed by atoms with Gasteiger partial charge in [-0.05, 0) is 12.1 Å². The van der Waals surface area contributed by atoms with E-state index in [1.807, 2.05) is 0 Å². The van der Waals surface area contributed by atoms with Crippen LogP contribution in [0.3, 0.4) is 0 Å². The first-order valence-electron chi connectivity index (χ1n) is 6.92. The summed E-state index contributed by atoms with van der Waals surface area (Å²) >= 11 is 5.82. The molecule has 0 aliphatic carbocycles. The molecule has 4 heterocycles. The van der Waals surface area contributed by atoms with E-state index in [4.69, 9.17) is 11.6 Å². The van der Waals surface area contributed by atoms with Gasteiger partial charge in [0.25, 0.3) is 5.56 Å². The van der Waals surface area contributed by atoms with Crippen molar-refractivity contribution in [3.8, 4) is 17.1 Å². The summed E-state index contributed by atoms with van der Waals surface area (Å²) in [4.78, 5) is 31.4. The molecule has 2 aromatic heterocycles. The molecule has 2 aromatic rings. The van der Waals surface area contributed by atoms with Crippen LogP contribution >= 0.6 is 11.6 Å². The van der Waals surface area contributed by atoms with E-state index in [0.717, 1.165) is 0 Å². The fraction of sp³-hybridized carbons (Fsp3) is 0.0714. The number of amides is 1. The number of hydrogen-bond acceptors (Lipinski definition) is 5. The molecule has 2 N–H and O–H groups in total. The molecule has 2 aliphatic rings. The van der Waals surface area contributed by atoms with Gasteiger partial charge in [-0.1, -0.05) is 11.6 Å². The normalized spacial score (nSPS) is 11.2. The third-order valence-electron chi connectivity index (χ3n) is 3.59. The average Bonchev–Trinajstić information content (AvgIpc) is 3.16. The van der Waals surface area contributed by atoms with Crippen molar-refractivity contribution in [2.45, 2.75) is 0 Å². The molecule has 0 radical (unpaired) electrons. The van der Waals surface area contributed by atoms with Crippen molar-refractivity contribution < 1.29 is 4.79 Å². The third-order valence-corrected chi connectivity index (χ3v) is 3.81. The number of aromatic amines is 1. The molecule has 0 saturated carbocycles. The highest BCUT2D eigenvalue weighted by molar-refractivity contribution is 6.30. The van der Waals surface area contributed by atoms with Crippen molar-refractivity contribution >= 4 is 28.7 Å². The van der Waals surface area contributed by atoms with Gasteiger partial charge in [0.2, 0.25) is 0 Å². The van der Waals surface area contributed by atoms with Crippen LogP contribution in [0.4, 0.5) is 4.79 Å². The number of nitrogens with one attached hydrogen (secondary N) is 2. The molecule has 120 valence electrons. The largest absolute Gasteiger partial charge is 0.345 e. The predicted molar refractivity (Wildman–Crippen MR) is 86.8 cm³/mol. The first-order chi connectivity index (χ1) is 11.6. The number of carbonyl (C=O) groups excluding carboxylic acids is 1. The van der Waals surface area contributed by atoms with Crippen LogP contribution in [0.2, 0.25) is 5.02 Å². The maximum atomic E-state index is 12.6. The number of fused-ring (bicyclic) bond motifs is 3. The number of carbonyl (C=O) groups is 1. The summed E-state index contributed by atoms with van der Waals surface area (Å²) in [5.74, 6) is 0.354. The number of pyridine rings is 2. The molecule has 0 unspecified atom stereocenters. The SMILES string of the molecule is CNC(=O)n1ncc2c3nn(-c4ccc(Cl)cn4)c(=O)c-3c[nH]c21. The van der Waals surface area contributed by atoms with Crippen LogP contribution in [0.5, 0.6) is 0 Å². The van der Waals surface area contributed by atoms with Crippen molar-refractivity contribution in [3.05, 3.63) is 46.1 Å². The quantitative estimate of drug-likeness (QED) is 0.540. The lowest BCUT2D eigenvalue weighted by molar-refractivity contribution is 0.242. The van der Waals surface area contributed by atoms with Gasteiger partial charge in [-0.15, -0.1) is 0 Å². The summed E-state index contributed by atoms with van der Waals surface area (Å²) in [5, 5.41) is 11.9. The minimum atomic E-state index is -0.401. The highest BCUT2D eigenvalue weighted by Crippen LogP contribution is 2.25. The van der Waals surface area contributed by atoms with Gasteiger partial charge in [-0.2, -0.15) is 19.6 Å². The van der Waals surface area contributed by atoms with E-state index in [-0.39, 0.29) is 5.56 Å². The Balaban J connectivity index is 1.98. The molecule has 0 aromatic carbocycles. The molecule has 0 bridgehead atoms. The summed E-state index contributed by atoms with van der Waals surface area (Å²) in [6.45, 7) is 0. The Hall–Kier alpha value is -3.20. The van der Waals surface area contributed by atoms with Crippen molar-refractivity contribution in [2.75, 3.05) is 7.05 Å². The molecule has 0 spiro atoms. The summed E-state index contributed by atoms with van der Waals surface area (Å²) in [6.07, 6.45) is 4.42.